The van der Waals surface area contributed by atoms with Crippen LogP contribution in [-0.4, -0.2) is 21.3 Å². The second-order valence-corrected chi connectivity index (χ2v) is 11.2. The van der Waals surface area contributed by atoms with Gasteiger partial charge in [0.05, 0.1) is 18.8 Å². The lowest BCUT2D eigenvalue weighted by molar-refractivity contribution is 0.134. The Kier molecular flexibility index (Phi) is 9.07. The Morgan fingerprint density at radius 2 is 1.95 bits per heavy atom. The van der Waals surface area contributed by atoms with E-state index in [1.165, 1.54) is 11.9 Å². The Balaban J connectivity index is 1.48. The monoisotopic (exact) mass is 558 g/mol. The van der Waals surface area contributed by atoms with E-state index in [0.717, 1.165) is 99.9 Å². The molecule has 2 heterocycles. The van der Waals surface area contributed by atoms with Crippen LogP contribution in [-0.2, 0) is 37.2 Å². The van der Waals surface area contributed by atoms with Crippen LogP contribution in [0.4, 0.5) is 5.82 Å². The van der Waals surface area contributed by atoms with Gasteiger partial charge in [-0.3, -0.25) is 9.36 Å². The van der Waals surface area contributed by atoms with Crippen molar-refractivity contribution in [3.8, 4) is 11.1 Å². The van der Waals surface area contributed by atoms with Gasteiger partial charge in [-0.1, -0.05) is 54.9 Å². The van der Waals surface area contributed by atoms with Gasteiger partial charge in [-0.2, -0.15) is 0 Å². The van der Waals surface area contributed by atoms with E-state index < -0.39 is 0 Å². The summed E-state index contributed by atoms with van der Waals surface area (Å²) in [5, 5.41) is 4.14. The minimum atomic E-state index is 0.134. The normalized spacial score (nSPS) is 12.6. The Morgan fingerprint density at radius 3 is 2.73 bits per heavy atom. The maximum atomic E-state index is 13.5. The highest BCUT2D eigenvalue weighted by Gasteiger charge is 2.21. The minimum Gasteiger partial charge on any atom is -0.377 e. The predicted molar refractivity (Wildman–Crippen MR) is 161 cm³/mol. The summed E-state index contributed by atoms with van der Waals surface area (Å²) in [5.74, 6) is 2.45. The molecule has 7 nitrogen and oxygen atoms in total. The van der Waals surface area contributed by atoms with Crippen molar-refractivity contribution in [2.45, 2.75) is 84.3 Å². The number of rotatable bonds is 12. The second kappa shape index (κ2) is 12.9. The van der Waals surface area contributed by atoms with Gasteiger partial charge >= 0.3 is 0 Å². The Labute approximate surface area is 240 Å². The van der Waals surface area contributed by atoms with Crippen LogP contribution in [0, 0.1) is 13.8 Å². The topological polar surface area (TPSA) is 82.2 Å². The van der Waals surface area contributed by atoms with Crippen molar-refractivity contribution in [3.05, 3.63) is 92.4 Å². The number of benzene rings is 2. The Hall–Kier alpha value is -3.36. The van der Waals surface area contributed by atoms with Gasteiger partial charge < -0.3 is 14.0 Å². The largest absolute Gasteiger partial charge is 0.377 e. The molecule has 4 aromatic rings. The van der Waals surface area contributed by atoms with Crippen molar-refractivity contribution in [2.75, 3.05) is 11.3 Å². The van der Waals surface area contributed by atoms with Gasteiger partial charge in [-0.25, -0.2) is 4.98 Å². The first-order valence-corrected chi connectivity index (χ1v) is 15.1. The fourth-order valence-corrected chi connectivity index (χ4v) is 6.01. The number of ether oxygens (including phenoxy) is 1. The molecule has 0 fully saturated rings. The lowest BCUT2D eigenvalue weighted by Gasteiger charge is -2.18. The van der Waals surface area contributed by atoms with Crippen LogP contribution < -0.4 is 10.3 Å². The third-order valence-electron chi connectivity index (χ3n) is 7.59. The summed E-state index contributed by atoms with van der Waals surface area (Å²) in [5.41, 5.74) is 7.45. The molecular formula is C32H38N4O3S. The van der Waals surface area contributed by atoms with E-state index in [2.05, 4.69) is 53.2 Å². The highest BCUT2D eigenvalue weighted by molar-refractivity contribution is 8.00. The van der Waals surface area contributed by atoms with E-state index in [9.17, 15) is 4.79 Å². The van der Waals surface area contributed by atoms with E-state index in [4.69, 9.17) is 14.2 Å². The molecule has 0 aliphatic heterocycles. The predicted octanol–water partition coefficient (Wildman–Crippen LogP) is 7.05. The van der Waals surface area contributed by atoms with Crippen LogP contribution in [0.1, 0.15) is 72.6 Å². The first kappa shape index (κ1) is 28.2. The summed E-state index contributed by atoms with van der Waals surface area (Å²) < 4.78 is 16.5. The summed E-state index contributed by atoms with van der Waals surface area (Å²) in [7, 11) is 0. The van der Waals surface area contributed by atoms with Crippen molar-refractivity contribution in [3.63, 3.8) is 0 Å². The summed E-state index contributed by atoms with van der Waals surface area (Å²) in [6, 6.07) is 14.8. The highest BCUT2D eigenvalue weighted by Crippen LogP contribution is 2.35. The standard InChI is InChI=1S/C32H38N4O3S/c1-5-7-15-30-33-28-13-10-12-27(28)32(37)36(30)19-23-16-17-25(24(18-23)20-38-6-2)26-11-8-9-14-29(26)40-35-31-21(3)22(4)39-34-31/h8-9,11,14,16-18H,5-7,10,12-13,15,19-20H2,1-4H3,(H,34,35). The maximum absolute atomic E-state index is 13.5. The molecule has 0 unspecified atom stereocenters. The number of fused-ring (bicyclic) bond motifs is 1. The molecule has 2 aromatic heterocycles. The third kappa shape index (κ3) is 6.03. The average Bonchev–Trinajstić information content (AvgIpc) is 3.57. The zero-order chi connectivity index (χ0) is 28.1. The van der Waals surface area contributed by atoms with E-state index in [1.54, 1.807) is 0 Å². The van der Waals surface area contributed by atoms with Crippen LogP contribution in [0.5, 0.6) is 0 Å². The number of hydrogen-bond acceptors (Lipinski definition) is 7. The molecule has 5 rings (SSSR count). The number of unbranched alkanes of at least 4 members (excludes halogenated alkanes) is 1. The Morgan fingerprint density at radius 1 is 1.10 bits per heavy atom. The molecule has 0 atom stereocenters. The van der Waals surface area contributed by atoms with Crippen molar-refractivity contribution in [1.29, 1.82) is 0 Å². The number of aromatic nitrogens is 3. The van der Waals surface area contributed by atoms with E-state index in [0.29, 0.717) is 19.8 Å². The lowest BCUT2D eigenvalue weighted by Crippen LogP contribution is -2.29. The van der Waals surface area contributed by atoms with Gasteiger partial charge in [0.15, 0.2) is 5.82 Å². The first-order valence-electron chi connectivity index (χ1n) is 14.3. The minimum absolute atomic E-state index is 0.134. The molecule has 0 saturated heterocycles. The van der Waals surface area contributed by atoms with Crippen LogP contribution in [0.25, 0.3) is 11.1 Å². The summed E-state index contributed by atoms with van der Waals surface area (Å²) in [4.78, 5) is 19.6. The second-order valence-electron chi connectivity index (χ2n) is 10.3. The van der Waals surface area contributed by atoms with Crippen molar-refractivity contribution >= 4 is 17.8 Å². The van der Waals surface area contributed by atoms with Gasteiger partial charge in [0.25, 0.3) is 5.56 Å². The van der Waals surface area contributed by atoms with Crippen molar-refractivity contribution < 1.29 is 9.26 Å². The average molecular weight is 559 g/mol. The van der Waals surface area contributed by atoms with Crippen LogP contribution in [0.2, 0.25) is 0 Å². The van der Waals surface area contributed by atoms with Crippen LogP contribution >= 0.6 is 11.9 Å². The summed E-state index contributed by atoms with van der Waals surface area (Å²) >= 11 is 1.52. The van der Waals surface area contributed by atoms with Gasteiger partial charge in [-0.05, 0) is 86.7 Å². The van der Waals surface area contributed by atoms with Gasteiger partial charge in [0.2, 0.25) is 0 Å². The molecule has 0 amide bonds. The number of hydrogen-bond donors (Lipinski definition) is 1. The van der Waals surface area contributed by atoms with Crippen LogP contribution in [0.15, 0.2) is 56.7 Å². The smallest absolute Gasteiger partial charge is 0.257 e. The molecule has 0 radical (unpaired) electrons. The SMILES string of the molecule is CCCCc1nc2c(c(=O)n1Cc1ccc(-c3ccccc3SNc3noc(C)c3C)c(COCC)c1)CCC2. The third-order valence-corrected chi connectivity index (χ3v) is 8.46. The van der Waals surface area contributed by atoms with Gasteiger partial charge in [-0.15, -0.1) is 0 Å². The zero-order valence-corrected chi connectivity index (χ0v) is 24.7. The maximum Gasteiger partial charge on any atom is 0.257 e. The molecule has 1 aliphatic carbocycles. The summed E-state index contributed by atoms with van der Waals surface area (Å²) in [6.45, 7) is 9.72. The first-order chi connectivity index (χ1) is 19.5. The van der Waals surface area contributed by atoms with Crippen molar-refractivity contribution in [1.82, 2.24) is 14.7 Å². The van der Waals surface area contributed by atoms with E-state index in [1.807, 2.05) is 31.4 Å². The molecule has 0 saturated carbocycles. The number of nitrogens with zero attached hydrogens (tertiary/aromatic N) is 3. The molecule has 40 heavy (non-hydrogen) atoms. The fraction of sp³-hybridized carbons (Fsp3) is 0.406. The molecule has 1 aliphatic rings. The number of nitrogens with one attached hydrogen (secondary N) is 1. The zero-order valence-electron chi connectivity index (χ0n) is 23.9. The van der Waals surface area contributed by atoms with Gasteiger partial charge in [0, 0.05) is 29.1 Å². The molecule has 8 heteroatoms. The molecular weight excluding hydrogens is 520 g/mol. The molecule has 0 spiro atoms. The van der Waals surface area contributed by atoms with E-state index >= 15 is 0 Å². The lowest BCUT2D eigenvalue weighted by atomic mass is 9.97. The molecule has 1 N–H and O–H groups in total. The molecule has 210 valence electrons. The fourth-order valence-electron chi connectivity index (χ4n) is 5.18. The summed E-state index contributed by atoms with van der Waals surface area (Å²) in [6.07, 6.45) is 5.69. The highest BCUT2D eigenvalue weighted by atomic mass is 32.2. The molecule has 2 aromatic carbocycles. The van der Waals surface area contributed by atoms with Crippen molar-refractivity contribution in [2.24, 2.45) is 0 Å². The van der Waals surface area contributed by atoms with Crippen LogP contribution in [0.3, 0.4) is 0 Å². The molecule has 0 bridgehead atoms. The number of anilines is 1. The van der Waals surface area contributed by atoms with E-state index in [-0.39, 0.29) is 5.56 Å². The Bertz CT molecular complexity index is 1540. The quantitative estimate of drug-likeness (QED) is 0.187. The number of aryl methyl sites for hydroxylation is 3. The van der Waals surface area contributed by atoms with Gasteiger partial charge in [0.1, 0.15) is 11.6 Å².